The fourth-order valence-corrected chi connectivity index (χ4v) is 4.43. The van der Waals surface area contributed by atoms with Gasteiger partial charge >= 0.3 is 0 Å². The Kier molecular flexibility index (Phi) is 4.10. The summed E-state index contributed by atoms with van der Waals surface area (Å²) < 4.78 is 25.8. The Balaban J connectivity index is 1.72. The average Bonchev–Trinajstić information content (AvgIpc) is 2.86. The van der Waals surface area contributed by atoms with Crippen LogP contribution >= 0.6 is 0 Å². The largest absolute Gasteiger partial charge is 0.369 e. The van der Waals surface area contributed by atoms with Crippen molar-refractivity contribution in [3.8, 4) is 0 Å². The molecule has 1 aliphatic heterocycles. The number of aryl methyl sites for hydroxylation is 1. The van der Waals surface area contributed by atoms with E-state index in [0.29, 0.717) is 19.5 Å². The Bertz CT molecular complexity index is 761. The Labute approximate surface area is 131 Å². The standard InChI is InChI=1S/C15H22N4O2S/c1-3-10-22(20,21)19-8-6-18(7-9-19)13-4-5-14-15(11-13)17-12(2)16-14/h4-5,11H,3,6-10H2,1-2H3,(H,16,17). The molecule has 0 spiro atoms. The minimum atomic E-state index is -3.08. The zero-order chi connectivity index (χ0) is 15.7. The maximum Gasteiger partial charge on any atom is 0.214 e. The van der Waals surface area contributed by atoms with Crippen LogP contribution in [0.2, 0.25) is 0 Å². The number of aromatic amines is 1. The van der Waals surface area contributed by atoms with Gasteiger partial charge < -0.3 is 9.88 Å². The molecule has 0 amide bonds. The number of fused-ring (bicyclic) bond motifs is 1. The van der Waals surface area contributed by atoms with E-state index in [1.165, 1.54) is 0 Å². The minimum absolute atomic E-state index is 0.242. The van der Waals surface area contributed by atoms with Crippen LogP contribution in [0.25, 0.3) is 11.0 Å². The van der Waals surface area contributed by atoms with Crippen molar-refractivity contribution in [3.63, 3.8) is 0 Å². The molecule has 2 heterocycles. The van der Waals surface area contributed by atoms with Crippen LogP contribution in [0.5, 0.6) is 0 Å². The van der Waals surface area contributed by atoms with Crippen molar-refractivity contribution in [2.75, 3.05) is 36.8 Å². The van der Waals surface area contributed by atoms with E-state index in [1.54, 1.807) is 4.31 Å². The highest BCUT2D eigenvalue weighted by Gasteiger charge is 2.26. The van der Waals surface area contributed by atoms with Crippen molar-refractivity contribution in [2.24, 2.45) is 0 Å². The number of aromatic nitrogens is 2. The summed E-state index contributed by atoms with van der Waals surface area (Å²) in [5, 5.41) is 0. The highest BCUT2D eigenvalue weighted by atomic mass is 32.2. The van der Waals surface area contributed by atoms with Gasteiger partial charge in [0.2, 0.25) is 10.0 Å². The van der Waals surface area contributed by atoms with Crippen molar-refractivity contribution >= 4 is 26.7 Å². The SMILES string of the molecule is CCCS(=O)(=O)N1CCN(c2ccc3nc(C)[nH]c3c2)CC1. The maximum absolute atomic E-state index is 12.1. The molecular weight excluding hydrogens is 300 g/mol. The second-order valence-corrected chi connectivity index (χ2v) is 7.81. The smallest absolute Gasteiger partial charge is 0.214 e. The third-order valence-corrected chi connectivity index (χ3v) is 6.12. The summed E-state index contributed by atoms with van der Waals surface area (Å²) in [7, 11) is -3.08. The van der Waals surface area contributed by atoms with Crippen LogP contribution in [-0.2, 0) is 10.0 Å². The number of piperazine rings is 1. The second-order valence-electron chi connectivity index (χ2n) is 5.73. The van der Waals surface area contributed by atoms with Crippen LogP contribution < -0.4 is 4.90 Å². The van der Waals surface area contributed by atoms with Gasteiger partial charge in [-0.1, -0.05) is 6.92 Å². The van der Waals surface area contributed by atoms with Gasteiger partial charge in [-0.25, -0.2) is 13.4 Å². The van der Waals surface area contributed by atoms with Gasteiger partial charge in [-0.3, -0.25) is 0 Å². The molecule has 0 atom stereocenters. The summed E-state index contributed by atoms with van der Waals surface area (Å²) >= 11 is 0. The number of nitrogens with zero attached hydrogens (tertiary/aromatic N) is 3. The lowest BCUT2D eigenvalue weighted by atomic mass is 10.2. The van der Waals surface area contributed by atoms with Crippen LogP contribution in [0, 0.1) is 6.92 Å². The second kappa shape index (κ2) is 5.89. The van der Waals surface area contributed by atoms with Gasteiger partial charge in [-0.2, -0.15) is 4.31 Å². The number of H-pyrrole nitrogens is 1. The molecule has 0 radical (unpaired) electrons. The predicted molar refractivity (Wildman–Crippen MR) is 88.7 cm³/mol. The summed E-state index contributed by atoms with van der Waals surface area (Å²) in [4.78, 5) is 9.88. The van der Waals surface area contributed by atoms with E-state index in [2.05, 4.69) is 27.0 Å². The Morgan fingerprint density at radius 2 is 1.95 bits per heavy atom. The van der Waals surface area contributed by atoms with Gasteiger partial charge in [0.25, 0.3) is 0 Å². The normalized spacial score (nSPS) is 17.3. The Hall–Kier alpha value is -1.60. The third kappa shape index (κ3) is 2.96. The van der Waals surface area contributed by atoms with E-state index in [1.807, 2.05) is 19.9 Å². The zero-order valence-corrected chi connectivity index (χ0v) is 13.9. The first-order valence-corrected chi connectivity index (χ1v) is 9.29. The van der Waals surface area contributed by atoms with E-state index in [4.69, 9.17) is 0 Å². The molecule has 0 bridgehead atoms. The molecule has 7 heteroatoms. The molecule has 0 saturated carbocycles. The molecule has 0 unspecified atom stereocenters. The van der Waals surface area contributed by atoms with Crippen LogP contribution in [0.4, 0.5) is 5.69 Å². The van der Waals surface area contributed by atoms with Crippen LogP contribution in [0.15, 0.2) is 18.2 Å². The number of hydrogen-bond donors (Lipinski definition) is 1. The number of anilines is 1. The minimum Gasteiger partial charge on any atom is -0.369 e. The fraction of sp³-hybridized carbons (Fsp3) is 0.533. The third-order valence-electron chi connectivity index (χ3n) is 4.04. The van der Waals surface area contributed by atoms with Gasteiger partial charge in [-0.05, 0) is 31.5 Å². The van der Waals surface area contributed by atoms with Crippen molar-refractivity contribution in [1.29, 1.82) is 0 Å². The van der Waals surface area contributed by atoms with E-state index >= 15 is 0 Å². The molecule has 1 N–H and O–H groups in total. The van der Waals surface area contributed by atoms with Crippen molar-refractivity contribution in [1.82, 2.24) is 14.3 Å². The average molecular weight is 322 g/mol. The quantitative estimate of drug-likeness (QED) is 0.931. The first-order chi connectivity index (χ1) is 10.5. The molecule has 6 nitrogen and oxygen atoms in total. The monoisotopic (exact) mass is 322 g/mol. The topological polar surface area (TPSA) is 69.3 Å². The molecule has 1 saturated heterocycles. The van der Waals surface area contributed by atoms with Crippen LogP contribution in [0.3, 0.4) is 0 Å². The molecule has 0 aliphatic carbocycles. The number of sulfonamides is 1. The van der Waals surface area contributed by atoms with E-state index in [-0.39, 0.29) is 5.75 Å². The van der Waals surface area contributed by atoms with E-state index < -0.39 is 10.0 Å². The van der Waals surface area contributed by atoms with Crippen LogP contribution in [-0.4, -0.2) is 54.6 Å². The molecule has 1 aromatic heterocycles. The molecule has 22 heavy (non-hydrogen) atoms. The number of nitrogens with one attached hydrogen (secondary N) is 1. The Morgan fingerprint density at radius 1 is 1.23 bits per heavy atom. The molecule has 1 aromatic carbocycles. The van der Waals surface area contributed by atoms with Gasteiger partial charge in [0, 0.05) is 31.9 Å². The summed E-state index contributed by atoms with van der Waals surface area (Å²) in [6, 6.07) is 6.15. The van der Waals surface area contributed by atoms with Gasteiger partial charge in [0.15, 0.2) is 0 Å². The lowest BCUT2D eigenvalue weighted by Gasteiger charge is -2.35. The molecule has 3 rings (SSSR count). The highest BCUT2D eigenvalue weighted by molar-refractivity contribution is 7.89. The molecule has 1 fully saturated rings. The number of rotatable bonds is 4. The lowest BCUT2D eigenvalue weighted by Crippen LogP contribution is -2.49. The van der Waals surface area contributed by atoms with Gasteiger partial charge in [0.1, 0.15) is 5.82 Å². The number of hydrogen-bond acceptors (Lipinski definition) is 4. The summed E-state index contributed by atoms with van der Waals surface area (Å²) in [6.07, 6.45) is 0.665. The Morgan fingerprint density at radius 3 is 2.64 bits per heavy atom. The van der Waals surface area contributed by atoms with E-state index in [0.717, 1.165) is 35.6 Å². The maximum atomic E-state index is 12.1. The van der Waals surface area contributed by atoms with Crippen LogP contribution in [0.1, 0.15) is 19.2 Å². The zero-order valence-electron chi connectivity index (χ0n) is 13.0. The highest BCUT2D eigenvalue weighted by Crippen LogP contribution is 2.22. The molecule has 2 aromatic rings. The fourth-order valence-electron chi connectivity index (χ4n) is 2.93. The summed E-state index contributed by atoms with van der Waals surface area (Å²) in [6.45, 7) is 6.40. The molecular formula is C15H22N4O2S. The van der Waals surface area contributed by atoms with Crippen molar-refractivity contribution in [2.45, 2.75) is 20.3 Å². The molecule has 1 aliphatic rings. The lowest BCUT2D eigenvalue weighted by molar-refractivity contribution is 0.384. The van der Waals surface area contributed by atoms with Gasteiger partial charge in [-0.15, -0.1) is 0 Å². The number of benzene rings is 1. The molecule has 120 valence electrons. The van der Waals surface area contributed by atoms with Crippen molar-refractivity contribution in [3.05, 3.63) is 24.0 Å². The first-order valence-electron chi connectivity index (χ1n) is 7.69. The summed E-state index contributed by atoms with van der Waals surface area (Å²) in [5.74, 6) is 1.15. The first kappa shape index (κ1) is 15.3. The summed E-state index contributed by atoms with van der Waals surface area (Å²) in [5.41, 5.74) is 3.10. The van der Waals surface area contributed by atoms with Crippen molar-refractivity contribution < 1.29 is 8.42 Å². The predicted octanol–water partition coefficient (Wildman–Crippen LogP) is 1.73. The number of imidazole rings is 1. The van der Waals surface area contributed by atoms with E-state index in [9.17, 15) is 8.42 Å². The van der Waals surface area contributed by atoms with Gasteiger partial charge in [0.05, 0.1) is 16.8 Å².